The van der Waals surface area contributed by atoms with E-state index in [1.165, 1.54) is 30.0 Å². The molecule has 1 fully saturated rings. The second-order valence-electron chi connectivity index (χ2n) is 11.9. The standard InChI is InChI=1S/C29H33Cl2F3N4O7S/c1-6-46(42,43)22-8-7-17(30)11-16(22)13-38-25(39)19-12-21(44-29(32,33)34)20(23(31)24(19)35-26(38)40)15-37-10-9-18(14-37)36(5)27(41)45-28(2,3)4/h7-8,11-12,18H,6,9-10,13-15H2,1-5H3,(H,35,40). The maximum atomic E-state index is 13.6. The number of H-pyrrole nitrogens is 1. The van der Waals surface area contributed by atoms with E-state index in [1.54, 1.807) is 32.7 Å². The number of aromatic amines is 1. The number of nitrogens with zero attached hydrogens (tertiary/aromatic N) is 3. The summed E-state index contributed by atoms with van der Waals surface area (Å²) < 4.78 is 76.4. The van der Waals surface area contributed by atoms with Crippen LogP contribution in [0.15, 0.2) is 38.8 Å². The second kappa shape index (κ2) is 13.1. The number of nitrogens with one attached hydrogen (secondary N) is 1. The highest BCUT2D eigenvalue weighted by Crippen LogP contribution is 2.37. The van der Waals surface area contributed by atoms with E-state index in [-0.39, 0.29) is 56.5 Å². The van der Waals surface area contributed by atoms with Crippen LogP contribution in [-0.4, -0.2) is 77.8 Å². The van der Waals surface area contributed by atoms with Gasteiger partial charge in [-0.05, 0) is 57.0 Å². The molecule has 46 heavy (non-hydrogen) atoms. The molecule has 1 N–H and O–H groups in total. The Balaban J connectivity index is 1.75. The Labute approximate surface area is 272 Å². The zero-order valence-corrected chi connectivity index (χ0v) is 28.0. The molecule has 0 saturated carbocycles. The summed E-state index contributed by atoms with van der Waals surface area (Å²) in [7, 11) is -2.22. The van der Waals surface area contributed by atoms with Crippen LogP contribution in [0.4, 0.5) is 18.0 Å². The van der Waals surface area contributed by atoms with Gasteiger partial charge >= 0.3 is 18.1 Å². The molecule has 2 heterocycles. The van der Waals surface area contributed by atoms with E-state index in [2.05, 4.69) is 9.72 Å². The number of hydrogen-bond donors (Lipinski definition) is 1. The van der Waals surface area contributed by atoms with Crippen LogP contribution in [0.2, 0.25) is 10.0 Å². The topological polar surface area (TPSA) is 131 Å². The molecule has 0 aliphatic carbocycles. The average Bonchev–Trinajstić information content (AvgIpc) is 3.40. The van der Waals surface area contributed by atoms with E-state index in [0.717, 1.165) is 6.07 Å². The third-order valence-electron chi connectivity index (χ3n) is 7.43. The Morgan fingerprint density at radius 2 is 1.80 bits per heavy atom. The minimum atomic E-state index is -5.15. The molecule has 1 aliphatic heterocycles. The van der Waals surface area contributed by atoms with Crippen LogP contribution < -0.4 is 16.0 Å². The molecule has 3 aromatic rings. The predicted molar refractivity (Wildman–Crippen MR) is 166 cm³/mol. The SMILES string of the molecule is CCS(=O)(=O)c1ccc(Cl)cc1Cn1c(=O)[nH]c2c(Cl)c(CN3CCC(N(C)C(=O)OC(C)(C)C)C3)c(OC(F)(F)F)cc2c1=O. The molecule has 1 atom stereocenters. The summed E-state index contributed by atoms with van der Waals surface area (Å²) >= 11 is 12.7. The smallest absolute Gasteiger partial charge is 0.444 e. The van der Waals surface area contributed by atoms with Crippen molar-refractivity contribution >= 4 is 50.0 Å². The summed E-state index contributed by atoms with van der Waals surface area (Å²) in [6, 6.07) is 4.43. The molecule has 1 aliphatic rings. The number of halogens is 5. The Kier molecular flexibility index (Phi) is 10.1. The van der Waals surface area contributed by atoms with Gasteiger partial charge in [0.25, 0.3) is 5.56 Å². The summed E-state index contributed by atoms with van der Waals surface area (Å²) in [6.07, 6.45) is -5.20. The van der Waals surface area contributed by atoms with Crippen molar-refractivity contribution < 1.29 is 35.9 Å². The molecule has 0 radical (unpaired) electrons. The fourth-order valence-electron chi connectivity index (χ4n) is 5.16. The fraction of sp³-hybridized carbons (Fsp3) is 0.483. The summed E-state index contributed by atoms with van der Waals surface area (Å²) in [5.41, 5.74) is -3.03. The highest BCUT2D eigenvalue weighted by molar-refractivity contribution is 7.91. The van der Waals surface area contributed by atoms with Gasteiger partial charge in [-0.15, -0.1) is 13.2 Å². The number of likely N-dealkylation sites (N-methyl/N-ethyl adjacent to an activating group) is 1. The average molecular weight is 710 g/mol. The molecular formula is C29H33Cl2F3N4O7S. The Bertz CT molecular complexity index is 1890. The Hall–Kier alpha value is -3.27. The molecule has 1 unspecified atom stereocenters. The first-order valence-corrected chi connectivity index (χ1v) is 16.5. The lowest BCUT2D eigenvalue weighted by Crippen LogP contribution is -2.42. The summed E-state index contributed by atoms with van der Waals surface area (Å²) in [5.74, 6) is -1.02. The highest BCUT2D eigenvalue weighted by atomic mass is 35.5. The molecule has 0 spiro atoms. The number of benzene rings is 2. The lowest BCUT2D eigenvalue weighted by molar-refractivity contribution is -0.274. The molecular weight excluding hydrogens is 676 g/mol. The van der Waals surface area contributed by atoms with Gasteiger partial charge in [0, 0.05) is 43.3 Å². The van der Waals surface area contributed by atoms with Gasteiger partial charge in [0.1, 0.15) is 11.4 Å². The zero-order valence-electron chi connectivity index (χ0n) is 25.6. The number of likely N-dealkylation sites (tertiary alicyclic amines) is 1. The molecule has 1 saturated heterocycles. The van der Waals surface area contributed by atoms with Crippen LogP contribution in [-0.2, 0) is 27.7 Å². The first-order chi connectivity index (χ1) is 21.2. The van der Waals surface area contributed by atoms with Crippen LogP contribution in [0.3, 0.4) is 0 Å². The predicted octanol–water partition coefficient (Wildman–Crippen LogP) is 5.18. The quantitative estimate of drug-likeness (QED) is 0.339. The summed E-state index contributed by atoms with van der Waals surface area (Å²) in [5, 5.41) is -0.581. The molecule has 4 rings (SSSR count). The van der Waals surface area contributed by atoms with Crippen LogP contribution in [0.1, 0.15) is 45.2 Å². The largest absolute Gasteiger partial charge is 0.573 e. The van der Waals surface area contributed by atoms with Crippen molar-refractivity contribution in [1.29, 1.82) is 0 Å². The van der Waals surface area contributed by atoms with Crippen molar-refractivity contribution in [2.24, 2.45) is 0 Å². The summed E-state index contributed by atoms with van der Waals surface area (Å²) in [6.45, 7) is 6.57. The number of ether oxygens (including phenoxy) is 2. The van der Waals surface area contributed by atoms with Gasteiger partial charge in [0.15, 0.2) is 9.84 Å². The van der Waals surface area contributed by atoms with E-state index < -0.39 is 56.8 Å². The molecule has 17 heteroatoms. The van der Waals surface area contributed by atoms with E-state index >= 15 is 0 Å². The van der Waals surface area contributed by atoms with Crippen molar-refractivity contribution in [3.8, 4) is 5.75 Å². The van der Waals surface area contributed by atoms with Crippen molar-refractivity contribution in [1.82, 2.24) is 19.4 Å². The van der Waals surface area contributed by atoms with Gasteiger partial charge in [0.05, 0.1) is 33.1 Å². The Morgan fingerprint density at radius 1 is 1.13 bits per heavy atom. The lowest BCUT2D eigenvalue weighted by Gasteiger charge is -2.28. The maximum Gasteiger partial charge on any atom is 0.573 e. The van der Waals surface area contributed by atoms with Crippen molar-refractivity contribution in [3.05, 3.63) is 66.3 Å². The van der Waals surface area contributed by atoms with E-state index in [4.69, 9.17) is 27.9 Å². The van der Waals surface area contributed by atoms with Gasteiger partial charge in [0.2, 0.25) is 0 Å². The van der Waals surface area contributed by atoms with Crippen molar-refractivity contribution in [2.45, 2.75) is 70.1 Å². The van der Waals surface area contributed by atoms with Crippen LogP contribution in [0.5, 0.6) is 5.75 Å². The van der Waals surface area contributed by atoms with E-state index in [1.807, 2.05) is 0 Å². The van der Waals surface area contributed by atoms with Crippen molar-refractivity contribution in [2.75, 3.05) is 25.9 Å². The number of fused-ring (bicyclic) bond motifs is 1. The number of hydrogen-bond acceptors (Lipinski definition) is 8. The van der Waals surface area contributed by atoms with Gasteiger partial charge in [-0.25, -0.2) is 18.0 Å². The monoisotopic (exact) mass is 708 g/mol. The highest BCUT2D eigenvalue weighted by Gasteiger charge is 2.36. The van der Waals surface area contributed by atoms with Gasteiger partial charge < -0.3 is 19.4 Å². The summed E-state index contributed by atoms with van der Waals surface area (Å²) in [4.78, 5) is 44.8. The molecule has 11 nitrogen and oxygen atoms in total. The van der Waals surface area contributed by atoms with Gasteiger partial charge in [-0.1, -0.05) is 30.1 Å². The number of carbonyl (C=O) groups is 1. The number of aromatic nitrogens is 2. The first kappa shape index (κ1) is 35.6. The fourth-order valence-corrected chi connectivity index (χ4v) is 6.76. The normalized spacial score (nSPS) is 16.2. The number of sulfone groups is 1. The molecule has 0 bridgehead atoms. The third-order valence-corrected chi connectivity index (χ3v) is 9.91. The molecule has 252 valence electrons. The number of amides is 1. The van der Waals surface area contributed by atoms with E-state index in [9.17, 15) is 36.0 Å². The number of rotatable bonds is 8. The van der Waals surface area contributed by atoms with Crippen LogP contribution >= 0.6 is 23.2 Å². The maximum absolute atomic E-state index is 13.6. The number of carbonyl (C=O) groups excluding carboxylic acids is 1. The first-order valence-electron chi connectivity index (χ1n) is 14.1. The molecule has 1 aromatic heterocycles. The number of alkyl halides is 3. The molecule has 1 amide bonds. The van der Waals surface area contributed by atoms with Gasteiger partial charge in [-0.2, -0.15) is 0 Å². The van der Waals surface area contributed by atoms with Crippen LogP contribution in [0.25, 0.3) is 10.9 Å². The minimum Gasteiger partial charge on any atom is -0.444 e. The second-order valence-corrected chi connectivity index (χ2v) is 14.9. The zero-order chi connectivity index (χ0) is 34.4. The molecule has 2 aromatic carbocycles. The lowest BCUT2D eigenvalue weighted by atomic mass is 10.1. The van der Waals surface area contributed by atoms with Crippen molar-refractivity contribution in [3.63, 3.8) is 0 Å². The van der Waals surface area contributed by atoms with Crippen LogP contribution in [0, 0.1) is 0 Å². The van der Waals surface area contributed by atoms with E-state index in [0.29, 0.717) is 17.5 Å². The van der Waals surface area contributed by atoms with Gasteiger partial charge in [-0.3, -0.25) is 14.3 Å². The third kappa shape index (κ3) is 7.99. The Morgan fingerprint density at radius 3 is 2.41 bits per heavy atom. The minimum absolute atomic E-state index is 0.0377.